The molecule has 1 aliphatic rings. The number of aryl methyl sites for hydroxylation is 1. The van der Waals surface area contributed by atoms with E-state index in [0.29, 0.717) is 0 Å². The van der Waals surface area contributed by atoms with E-state index in [-0.39, 0.29) is 0 Å². The SMILES string of the molecule is Cc1cc(N2CCCC2)c2ccc(N(C)c3cccc4ccccc34)cc2n1. The predicted molar refractivity (Wildman–Crippen MR) is 120 cm³/mol. The predicted octanol–water partition coefficient (Wildman–Crippen LogP) is 6.06. The lowest BCUT2D eigenvalue weighted by molar-refractivity contribution is 0.949. The first-order valence-corrected chi connectivity index (χ1v) is 10.1. The minimum Gasteiger partial charge on any atom is -0.371 e. The Bertz CT molecular complexity index is 1150. The van der Waals surface area contributed by atoms with Gasteiger partial charge in [-0.05, 0) is 55.5 Å². The van der Waals surface area contributed by atoms with Crippen LogP contribution in [0.15, 0.2) is 66.7 Å². The molecule has 0 aliphatic carbocycles. The quantitative estimate of drug-likeness (QED) is 0.438. The molecule has 4 aromatic rings. The van der Waals surface area contributed by atoms with Crippen molar-refractivity contribution in [2.45, 2.75) is 19.8 Å². The summed E-state index contributed by atoms with van der Waals surface area (Å²) >= 11 is 0. The third-order valence-electron chi connectivity index (χ3n) is 5.86. The van der Waals surface area contributed by atoms with E-state index in [4.69, 9.17) is 4.98 Å². The molecule has 5 rings (SSSR count). The van der Waals surface area contributed by atoms with Gasteiger partial charge in [0.25, 0.3) is 0 Å². The van der Waals surface area contributed by atoms with Gasteiger partial charge in [-0.15, -0.1) is 0 Å². The second-order valence-corrected chi connectivity index (χ2v) is 7.74. The maximum atomic E-state index is 4.85. The molecular weight excluding hydrogens is 342 g/mol. The number of benzene rings is 3. The van der Waals surface area contributed by atoms with Crippen LogP contribution in [0.3, 0.4) is 0 Å². The Hall–Kier alpha value is -3.07. The molecule has 2 heterocycles. The first-order valence-electron chi connectivity index (χ1n) is 10.1. The lowest BCUT2D eigenvalue weighted by Crippen LogP contribution is -2.18. The number of rotatable bonds is 3. The molecule has 0 atom stereocenters. The Morgan fingerprint density at radius 3 is 2.50 bits per heavy atom. The van der Waals surface area contributed by atoms with E-state index in [0.717, 1.165) is 30.0 Å². The zero-order valence-corrected chi connectivity index (χ0v) is 16.5. The molecule has 1 aliphatic heterocycles. The van der Waals surface area contributed by atoms with Crippen LogP contribution in [-0.4, -0.2) is 25.1 Å². The summed E-state index contributed by atoms with van der Waals surface area (Å²) in [6.45, 7) is 4.40. The molecule has 3 heteroatoms. The van der Waals surface area contributed by atoms with Crippen molar-refractivity contribution in [2.24, 2.45) is 0 Å². The van der Waals surface area contributed by atoms with Crippen molar-refractivity contribution in [1.29, 1.82) is 0 Å². The standard InChI is InChI=1S/C25H25N3/c1-18-16-25(28-14-5-6-15-28)22-13-12-20(17-23(22)26-18)27(2)24-11-7-9-19-8-3-4-10-21(19)24/h3-4,7-13,16-17H,5-6,14-15H2,1-2H3. The zero-order chi connectivity index (χ0) is 19.1. The summed E-state index contributed by atoms with van der Waals surface area (Å²) in [4.78, 5) is 9.62. The van der Waals surface area contributed by atoms with Crippen molar-refractivity contribution in [3.8, 4) is 0 Å². The maximum Gasteiger partial charge on any atom is 0.0746 e. The maximum absolute atomic E-state index is 4.85. The molecule has 140 valence electrons. The number of pyridine rings is 1. The van der Waals surface area contributed by atoms with Crippen molar-refractivity contribution in [1.82, 2.24) is 4.98 Å². The van der Waals surface area contributed by atoms with Crippen LogP contribution in [-0.2, 0) is 0 Å². The van der Waals surface area contributed by atoms with Gasteiger partial charge in [-0.1, -0.05) is 36.4 Å². The summed E-state index contributed by atoms with van der Waals surface area (Å²) in [5.74, 6) is 0. The van der Waals surface area contributed by atoms with Gasteiger partial charge in [0.2, 0.25) is 0 Å². The number of nitrogens with zero attached hydrogens (tertiary/aromatic N) is 3. The van der Waals surface area contributed by atoms with E-state index < -0.39 is 0 Å². The third kappa shape index (κ3) is 2.88. The fraction of sp³-hybridized carbons (Fsp3) is 0.240. The molecular formula is C25H25N3. The molecule has 0 spiro atoms. The molecule has 3 aromatic carbocycles. The minimum atomic E-state index is 1.08. The van der Waals surface area contributed by atoms with Crippen LogP contribution < -0.4 is 9.80 Å². The highest BCUT2D eigenvalue weighted by Gasteiger charge is 2.17. The van der Waals surface area contributed by atoms with Crippen LogP contribution in [0.2, 0.25) is 0 Å². The van der Waals surface area contributed by atoms with Crippen LogP contribution in [0.1, 0.15) is 18.5 Å². The monoisotopic (exact) mass is 367 g/mol. The Labute approximate surface area is 166 Å². The number of anilines is 3. The van der Waals surface area contributed by atoms with Crippen molar-refractivity contribution in [3.05, 3.63) is 72.4 Å². The van der Waals surface area contributed by atoms with Gasteiger partial charge in [0.05, 0.1) is 5.52 Å². The zero-order valence-electron chi connectivity index (χ0n) is 16.5. The smallest absolute Gasteiger partial charge is 0.0746 e. The Morgan fingerprint density at radius 2 is 1.64 bits per heavy atom. The highest BCUT2D eigenvalue weighted by atomic mass is 15.1. The third-order valence-corrected chi connectivity index (χ3v) is 5.86. The van der Waals surface area contributed by atoms with Crippen LogP contribution in [0, 0.1) is 6.92 Å². The summed E-state index contributed by atoms with van der Waals surface area (Å²) in [7, 11) is 2.14. The van der Waals surface area contributed by atoms with E-state index in [2.05, 4.69) is 90.5 Å². The number of hydrogen-bond acceptors (Lipinski definition) is 3. The lowest BCUT2D eigenvalue weighted by atomic mass is 10.1. The van der Waals surface area contributed by atoms with Gasteiger partial charge >= 0.3 is 0 Å². The van der Waals surface area contributed by atoms with Crippen LogP contribution in [0.4, 0.5) is 17.1 Å². The van der Waals surface area contributed by atoms with Gasteiger partial charge in [-0.25, -0.2) is 0 Å². The Balaban J connectivity index is 1.61. The van der Waals surface area contributed by atoms with Gasteiger partial charge in [0.1, 0.15) is 0 Å². The fourth-order valence-electron chi connectivity index (χ4n) is 4.40. The van der Waals surface area contributed by atoms with E-state index in [1.807, 2.05) is 0 Å². The Kier molecular flexibility index (Phi) is 4.16. The van der Waals surface area contributed by atoms with Crippen LogP contribution >= 0.6 is 0 Å². The molecule has 0 bridgehead atoms. The first-order chi connectivity index (χ1) is 13.7. The van der Waals surface area contributed by atoms with Gasteiger partial charge < -0.3 is 9.80 Å². The van der Waals surface area contributed by atoms with Crippen molar-refractivity contribution >= 4 is 38.7 Å². The average Bonchev–Trinajstić information content (AvgIpc) is 3.26. The highest BCUT2D eigenvalue weighted by Crippen LogP contribution is 2.35. The molecule has 28 heavy (non-hydrogen) atoms. The van der Waals surface area contributed by atoms with Crippen LogP contribution in [0.25, 0.3) is 21.7 Å². The second-order valence-electron chi connectivity index (χ2n) is 7.74. The average molecular weight is 367 g/mol. The van der Waals surface area contributed by atoms with Crippen LogP contribution in [0.5, 0.6) is 0 Å². The summed E-state index contributed by atoms with van der Waals surface area (Å²) in [5, 5.41) is 3.78. The largest absolute Gasteiger partial charge is 0.371 e. The summed E-state index contributed by atoms with van der Waals surface area (Å²) in [5.41, 5.74) is 5.87. The van der Waals surface area contributed by atoms with E-state index in [1.54, 1.807) is 0 Å². The van der Waals surface area contributed by atoms with Gasteiger partial charge in [-0.2, -0.15) is 0 Å². The molecule has 0 amide bonds. The normalized spacial score (nSPS) is 14.1. The van der Waals surface area contributed by atoms with E-state index in [9.17, 15) is 0 Å². The number of hydrogen-bond donors (Lipinski definition) is 0. The minimum absolute atomic E-state index is 1.08. The van der Waals surface area contributed by atoms with E-state index >= 15 is 0 Å². The number of fused-ring (bicyclic) bond motifs is 2. The van der Waals surface area contributed by atoms with Gasteiger partial charge in [0.15, 0.2) is 0 Å². The molecule has 1 saturated heterocycles. The van der Waals surface area contributed by atoms with Crippen molar-refractivity contribution in [2.75, 3.05) is 29.9 Å². The Morgan fingerprint density at radius 1 is 0.857 bits per heavy atom. The molecule has 0 unspecified atom stereocenters. The summed E-state index contributed by atoms with van der Waals surface area (Å²) in [6, 6.07) is 24.0. The summed E-state index contributed by atoms with van der Waals surface area (Å²) < 4.78 is 0. The highest BCUT2D eigenvalue weighted by molar-refractivity contribution is 5.98. The summed E-state index contributed by atoms with van der Waals surface area (Å²) in [6.07, 6.45) is 2.57. The molecule has 0 N–H and O–H groups in total. The molecule has 1 fully saturated rings. The van der Waals surface area contributed by atoms with E-state index in [1.165, 1.54) is 40.4 Å². The molecule has 0 saturated carbocycles. The number of aromatic nitrogens is 1. The topological polar surface area (TPSA) is 19.4 Å². The first kappa shape index (κ1) is 17.1. The van der Waals surface area contributed by atoms with Crippen molar-refractivity contribution < 1.29 is 0 Å². The van der Waals surface area contributed by atoms with Gasteiger partial charge in [-0.3, -0.25) is 4.98 Å². The molecule has 3 nitrogen and oxygen atoms in total. The van der Waals surface area contributed by atoms with Crippen molar-refractivity contribution in [3.63, 3.8) is 0 Å². The van der Waals surface area contributed by atoms with Gasteiger partial charge in [0, 0.05) is 53.7 Å². The molecule has 1 aromatic heterocycles. The second kappa shape index (κ2) is 6.83. The lowest BCUT2D eigenvalue weighted by Gasteiger charge is -2.24. The fourth-order valence-corrected chi connectivity index (χ4v) is 4.40. The molecule has 0 radical (unpaired) electrons.